The molecule has 0 heterocycles. The number of halogens is 2. The van der Waals surface area contributed by atoms with E-state index in [9.17, 15) is 8.78 Å². The fourth-order valence-electron chi connectivity index (χ4n) is 1.62. The van der Waals surface area contributed by atoms with Crippen molar-refractivity contribution < 1.29 is 8.78 Å². The van der Waals surface area contributed by atoms with Gasteiger partial charge in [-0.1, -0.05) is 32.9 Å². The van der Waals surface area contributed by atoms with Crippen LogP contribution in [0.4, 0.5) is 8.78 Å². The number of nitrogens with zero attached hydrogens (tertiary/aromatic N) is 3. The van der Waals surface area contributed by atoms with E-state index in [0.29, 0.717) is 5.92 Å². The van der Waals surface area contributed by atoms with Gasteiger partial charge in [-0.3, -0.25) is 0 Å². The lowest BCUT2D eigenvalue weighted by Gasteiger charge is -2.18. The van der Waals surface area contributed by atoms with Gasteiger partial charge in [-0.15, -0.1) is 11.8 Å². The molecule has 0 bridgehead atoms. The van der Waals surface area contributed by atoms with E-state index in [0.717, 1.165) is 16.2 Å². The zero-order valence-electron chi connectivity index (χ0n) is 11.9. The Balaban J connectivity index is 2.63. The second-order valence-electron chi connectivity index (χ2n) is 5.23. The third-order valence-electron chi connectivity index (χ3n) is 2.82. The van der Waals surface area contributed by atoms with Crippen LogP contribution in [-0.4, -0.2) is 11.8 Å². The molecule has 1 aromatic rings. The normalized spacial score (nSPS) is 13.1. The molecule has 1 unspecified atom stereocenters. The summed E-state index contributed by atoms with van der Waals surface area (Å²) in [6, 6.07) is 4.25. The first-order valence-corrected chi connectivity index (χ1v) is 7.49. The number of azide groups is 1. The van der Waals surface area contributed by atoms with E-state index in [1.807, 2.05) is 24.3 Å². The van der Waals surface area contributed by atoms with Crippen molar-refractivity contribution in [1.82, 2.24) is 0 Å². The van der Waals surface area contributed by atoms with E-state index in [1.54, 1.807) is 11.8 Å². The average molecular weight is 299 g/mol. The highest BCUT2D eigenvalue weighted by Crippen LogP contribution is 2.29. The fraction of sp³-hybridized carbons (Fsp3) is 0.571. The maximum atomic E-state index is 13.4. The van der Waals surface area contributed by atoms with E-state index >= 15 is 0 Å². The van der Waals surface area contributed by atoms with Gasteiger partial charge in [0.25, 0.3) is 0 Å². The molecule has 0 aromatic heterocycles. The van der Waals surface area contributed by atoms with Gasteiger partial charge in [0.1, 0.15) is 0 Å². The second kappa shape index (κ2) is 7.50. The molecule has 1 atom stereocenters. The van der Waals surface area contributed by atoms with Crippen molar-refractivity contribution in [2.45, 2.75) is 38.1 Å². The molecule has 0 saturated heterocycles. The van der Waals surface area contributed by atoms with Gasteiger partial charge in [-0.2, -0.15) is 8.78 Å². The molecule has 0 aliphatic carbocycles. The average Bonchev–Trinajstić information content (AvgIpc) is 2.37. The summed E-state index contributed by atoms with van der Waals surface area (Å²) in [7, 11) is 0. The zero-order valence-corrected chi connectivity index (χ0v) is 12.7. The lowest BCUT2D eigenvalue weighted by atomic mass is 9.99. The maximum absolute atomic E-state index is 13.4. The minimum absolute atomic E-state index is 0.182. The molecule has 0 aliphatic heterocycles. The molecule has 1 rings (SSSR count). The highest BCUT2D eigenvalue weighted by molar-refractivity contribution is 7.99. The highest BCUT2D eigenvalue weighted by atomic mass is 32.2. The summed E-state index contributed by atoms with van der Waals surface area (Å²) in [4.78, 5) is 3.33. The summed E-state index contributed by atoms with van der Waals surface area (Å²) in [6.45, 7) is 5.69. The molecule has 110 valence electrons. The van der Waals surface area contributed by atoms with Gasteiger partial charge >= 0.3 is 6.05 Å². The Bertz CT molecular complexity index is 468. The Morgan fingerprint density at radius 1 is 1.25 bits per heavy atom. The smallest absolute Gasteiger partial charge is 0.200 e. The number of hydrogen-bond donors (Lipinski definition) is 0. The highest BCUT2D eigenvalue weighted by Gasteiger charge is 2.34. The predicted octanol–water partition coefficient (Wildman–Crippen LogP) is 5.52. The predicted molar refractivity (Wildman–Crippen MR) is 79.0 cm³/mol. The van der Waals surface area contributed by atoms with Crippen molar-refractivity contribution in [3.63, 3.8) is 0 Å². The quantitative estimate of drug-likeness (QED) is 0.215. The van der Waals surface area contributed by atoms with E-state index in [1.165, 1.54) is 6.92 Å². The minimum Gasteiger partial charge on any atom is -0.200 e. The van der Waals surface area contributed by atoms with Gasteiger partial charge in [0.15, 0.2) is 0 Å². The van der Waals surface area contributed by atoms with Crippen LogP contribution in [0.3, 0.4) is 0 Å². The Morgan fingerprint density at radius 2 is 1.85 bits per heavy atom. The van der Waals surface area contributed by atoms with E-state index < -0.39 is 12.0 Å². The largest absolute Gasteiger partial charge is 0.328 e. The summed E-state index contributed by atoms with van der Waals surface area (Å²) < 4.78 is 26.7. The SMILES string of the molecule is CC(C)CSc1ccc(CC(C)C(F)(F)N=[N+]=[N-])cc1. The Morgan fingerprint density at radius 3 is 2.35 bits per heavy atom. The number of benzene rings is 1. The molecule has 0 radical (unpaired) electrons. The summed E-state index contributed by atoms with van der Waals surface area (Å²) in [5, 5.41) is 2.56. The third kappa shape index (κ3) is 5.39. The minimum atomic E-state index is -3.35. The van der Waals surface area contributed by atoms with Gasteiger partial charge in [-0.05, 0) is 40.7 Å². The lowest BCUT2D eigenvalue weighted by molar-refractivity contribution is -0.0441. The Labute approximate surface area is 122 Å². The van der Waals surface area contributed by atoms with Crippen LogP contribution in [-0.2, 0) is 6.42 Å². The summed E-state index contributed by atoms with van der Waals surface area (Å²) in [6.07, 6.45) is 0.182. The number of alkyl halides is 2. The molecule has 6 heteroatoms. The van der Waals surface area contributed by atoms with Crippen molar-refractivity contribution in [1.29, 1.82) is 0 Å². The van der Waals surface area contributed by atoms with Crippen molar-refractivity contribution in [2.75, 3.05) is 5.75 Å². The number of rotatable bonds is 7. The molecule has 0 N–H and O–H groups in total. The first-order valence-electron chi connectivity index (χ1n) is 6.51. The summed E-state index contributed by atoms with van der Waals surface area (Å²) >= 11 is 1.76. The maximum Gasteiger partial charge on any atom is 0.328 e. The molecule has 3 nitrogen and oxygen atoms in total. The van der Waals surface area contributed by atoms with Crippen molar-refractivity contribution in [3.05, 3.63) is 40.3 Å². The van der Waals surface area contributed by atoms with Gasteiger partial charge in [0, 0.05) is 21.5 Å². The molecule has 1 aromatic carbocycles. The van der Waals surface area contributed by atoms with Crippen LogP contribution in [0.1, 0.15) is 26.3 Å². The standard InChI is InChI=1S/C14H19F2N3S/c1-10(2)9-20-13-6-4-12(5-7-13)8-11(3)14(15,16)18-19-17/h4-7,10-11H,8-9H2,1-3H3. The van der Waals surface area contributed by atoms with Crippen LogP contribution >= 0.6 is 11.8 Å². The Hall–Kier alpha value is -1.26. The molecule has 0 spiro atoms. The zero-order chi connectivity index (χ0) is 15.2. The number of thioether (sulfide) groups is 1. The van der Waals surface area contributed by atoms with E-state index in [2.05, 4.69) is 23.9 Å². The molecule has 0 fully saturated rings. The van der Waals surface area contributed by atoms with Crippen LogP contribution in [0.25, 0.3) is 10.4 Å². The van der Waals surface area contributed by atoms with Crippen LogP contribution < -0.4 is 0 Å². The summed E-state index contributed by atoms with van der Waals surface area (Å²) in [5.74, 6) is 0.625. The summed E-state index contributed by atoms with van der Waals surface area (Å²) in [5.41, 5.74) is 8.95. The number of hydrogen-bond acceptors (Lipinski definition) is 2. The molecular formula is C14H19F2N3S. The van der Waals surface area contributed by atoms with Gasteiger partial charge in [-0.25, -0.2) is 0 Å². The molecule has 20 heavy (non-hydrogen) atoms. The topological polar surface area (TPSA) is 48.8 Å². The lowest BCUT2D eigenvalue weighted by Crippen LogP contribution is -2.24. The van der Waals surface area contributed by atoms with Crippen LogP contribution in [0.15, 0.2) is 34.3 Å². The van der Waals surface area contributed by atoms with E-state index in [4.69, 9.17) is 5.53 Å². The monoisotopic (exact) mass is 299 g/mol. The van der Waals surface area contributed by atoms with E-state index in [-0.39, 0.29) is 6.42 Å². The van der Waals surface area contributed by atoms with Crippen LogP contribution in [0, 0.1) is 11.8 Å². The first kappa shape index (κ1) is 16.8. The van der Waals surface area contributed by atoms with Gasteiger partial charge < -0.3 is 0 Å². The molecule has 0 amide bonds. The molecule has 0 aliphatic rings. The van der Waals surface area contributed by atoms with Crippen LogP contribution in [0.5, 0.6) is 0 Å². The van der Waals surface area contributed by atoms with Gasteiger partial charge in [0.05, 0.1) is 0 Å². The van der Waals surface area contributed by atoms with Gasteiger partial charge in [0.2, 0.25) is 0 Å². The Kier molecular flexibility index (Phi) is 6.30. The fourth-order valence-corrected chi connectivity index (χ4v) is 2.47. The molecular weight excluding hydrogens is 280 g/mol. The van der Waals surface area contributed by atoms with Crippen molar-refractivity contribution in [2.24, 2.45) is 17.0 Å². The molecule has 0 saturated carbocycles. The third-order valence-corrected chi connectivity index (χ3v) is 4.26. The second-order valence-corrected chi connectivity index (χ2v) is 6.32. The first-order chi connectivity index (χ1) is 9.35. The van der Waals surface area contributed by atoms with Crippen molar-refractivity contribution >= 4 is 11.8 Å². The van der Waals surface area contributed by atoms with Crippen LogP contribution in [0.2, 0.25) is 0 Å². The van der Waals surface area contributed by atoms with Crippen molar-refractivity contribution in [3.8, 4) is 0 Å².